The van der Waals surface area contributed by atoms with Gasteiger partial charge >= 0.3 is 0 Å². The largest absolute Gasteiger partial charge is 0.507 e. The number of methoxy groups -OCH3 is 1. The number of aliphatic hydroxyl groups excluding tert-OH is 1. The van der Waals surface area contributed by atoms with Crippen molar-refractivity contribution in [3.8, 4) is 11.5 Å². The highest BCUT2D eigenvalue weighted by Crippen LogP contribution is 2.28. The number of hydrogen-bond acceptors (Lipinski definition) is 4. The number of aromatic hydroxyl groups is 1. The number of phenolic OH excluding ortho intramolecular Hbond substituents is 1. The molecule has 102 valence electrons. The minimum Gasteiger partial charge on any atom is -0.507 e. The third-order valence-electron chi connectivity index (χ3n) is 2.60. The molecule has 0 aliphatic heterocycles. The molecule has 3 N–H and O–H groups in total. The van der Waals surface area contributed by atoms with Crippen LogP contribution in [-0.2, 0) is 0 Å². The molecule has 1 aromatic rings. The Morgan fingerprint density at radius 1 is 1.44 bits per heavy atom. The number of nitrogens with one attached hydrogen (secondary N) is 1. The van der Waals surface area contributed by atoms with E-state index in [0.29, 0.717) is 11.3 Å². The molecule has 1 unspecified atom stereocenters. The Balaban J connectivity index is 2.70. The van der Waals surface area contributed by atoms with Crippen LogP contribution in [0, 0.1) is 0 Å². The van der Waals surface area contributed by atoms with Gasteiger partial charge in [-0.05, 0) is 13.0 Å². The van der Waals surface area contributed by atoms with E-state index >= 15 is 0 Å². The summed E-state index contributed by atoms with van der Waals surface area (Å²) in [6.45, 7) is -0.216. The van der Waals surface area contributed by atoms with Crippen molar-refractivity contribution in [2.45, 2.75) is 18.9 Å². The smallest absolute Gasteiger partial charge is 0.282 e. The minimum atomic E-state index is -3.17. The van der Waals surface area contributed by atoms with E-state index in [0.717, 1.165) is 0 Å². The minimum absolute atomic E-state index is 0.0262. The maximum atomic E-state index is 12.9. The van der Waals surface area contributed by atoms with E-state index in [1.54, 1.807) is 19.1 Å². The van der Waals surface area contributed by atoms with Gasteiger partial charge in [-0.25, -0.2) is 8.78 Å². The Labute approximate surface area is 104 Å². The fourth-order valence-electron chi connectivity index (χ4n) is 1.48. The van der Waals surface area contributed by atoms with Crippen LogP contribution in [0.2, 0.25) is 0 Å². The number of ether oxygens (including phenoxy) is 1. The monoisotopic (exact) mass is 261 g/mol. The molecule has 18 heavy (non-hydrogen) atoms. The first-order valence-corrected chi connectivity index (χ1v) is 5.48. The molecule has 0 saturated heterocycles. The van der Waals surface area contributed by atoms with Gasteiger partial charge in [0.25, 0.3) is 5.92 Å². The lowest BCUT2D eigenvalue weighted by molar-refractivity contribution is -0.0491. The zero-order valence-electron chi connectivity index (χ0n) is 10.3. The summed E-state index contributed by atoms with van der Waals surface area (Å²) in [7, 11) is 1.47. The Kier molecular flexibility index (Phi) is 4.86. The van der Waals surface area contributed by atoms with E-state index in [1.807, 2.05) is 0 Å². The highest BCUT2D eigenvalue weighted by atomic mass is 19.3. The van der Waals surface area contributed by atoms with Gasteiger partial charge in [0.15, 0.2) is 0 Å². The van der Waals surface area contributed by atoms with Gasteiger partial charge in [0.05, 0.1) is 13.7 Å². The van der Waals surface area contributed by atoms with Crippen molar-refractivity contribution in [2.75, 3.05) is 20.3 Å². The molecule has 1 atom stereocenters. The first-order valence-electron chi connectivity index (χ1n) is 5.48. The van der Waals surface area contributed by atoms with Crippen LogP contribution in [0.5, 0.6) is 11.5 Å². The molecule has 1 rings (SSSR count). The Hall–Kier alpha value is -1.40. The van der Waals surface area contributed by atoms with Gasteiger partial charge in [-0.2, -0.15) is 0 Å². The number of halogens is 2. The SMILES string of the molecule is COc1ccc(C(C)NCC(F)(F)CO)c(O)c1. The first kappa shape index (κ1) is 14.7. The van der Waals surface area contributed by atoms with Crippen LogP contribution in [0.4, 0.5) is 8.78 Å². The molecule has 0 amide bonds. The van der Waals surface area contributed by atoms with E-state index in [2.05, 4.69) is 5.32 Å². The maximum Gasteiger partial charge on any atom is 0.282 e. The third-order valence-corrected chi connectivity index (χ3v) is 2.60. The summed E-state index contributed by atoms with van der Waals surface area (Å²) in [4.78, 5) is 0. The highest BCUT2D eigenvalue weighted by Gasteiger charge is 2.28. The molecule has 0 spiro atoms. The molecule has 0 fully saturated rings. The number of hydrogen-bond donors (Lipinski definition) is 3. The average Bonchev–Trinajstić information content (AvgIpc) is 2.36. The molecule has 0 aromatic heterocycles. The first-order chi connectivity index (χ1) is 8.39. The summed E-state index contributed by atoms with van der Waals surface area (Å²) in [6, 6.07) is 4.19. The topological polar surface area (TPSA) is 61.7 Å². The summed E-state index contributed by atoms with van der Waals surface area (Å²) in [5.41, 5.74) is 0.490. The van der Waals surface area contributed by atoms with Crippen molar-refractivity contribution in [3.05, 3.63) is 23.8 Å². The van der Waals surface area contributed by atoms with E-state index in [-0.39, 0.29) is 5.75 Å². The Morgan fingerprint density at radius 2 is 2.11 bits per heavy atom. The fraction of sp³-hybridized carbons (Fsp3) is 0.500. The second kappa shape index (κ2) is 5.97. The lowest BCUT2D eigenvalue weighted by Gasteiger charge is -2.20. The predicted octanol–water partition coefficient (Wildman–Crippen LogP) is 1.68. The van der Waals surface area contributed by atoms with Gasteiger partial charge in [-0.3, -0.25) is 0 Å². The van der Waals surface area contributed by atoms with E-state index < -0.39 is 25.1 Å². The number of aliphatic hydroxyl groups is 1. The van der Waals surface area contributed by atoms with Crippen molar-refractivity contribution in [1.82, 2.24) is 5.32 Å². The number of rotatable bonds is 6. The second-order valence-electron chi connectivity index (χ2n) is 4.04. The van der Waals surface area contributed by atoms with Crippen LogP contribution in [0.25, 0.3) is 0 Å². The van der Waals surface area contributed by atoms with Crippen molar-refractivity contribution < 1.29 is 23.7 Å². The van der Waals surface area contributed by atoms with E-state index in [1.165, 1.54) is 13.2 Å². The molecule has 0 heterocycles. The number of benzene rings is 1. The van der Waals surface area contributed by atoms with Crippen LogP contribution >= 0.6 is 0 Å². The zero-order valence-corrected chi connectivity index (χ0v) is 10.3. The Bertz CT molecular complexity index is 399. The lowest BCUT2D eigenvalue weighted by Crippen LogP contribution is -2.37. The molecule has 6 heteroatoms. The number of phenols is 1. The maximum absolute atomic E-state index is 12.9. The summed E-state index contributed by atoms with van der Waals surface area (Å²) in [5.74, 6) is -2.71. The third kappa shape index (κ3) is 3.82. The van der Waals surface area contributed by atoms with Gasteiger partial charge in [0.1, 0.15) is 18.1 Å². The van der Waals surface area contributed by atoms with Gasteiger partial charge in [-0.15, -0.1) is 0 Å². The van der Waals surface area contributed by atoms with Crippen molar-refractivity contribution in [2.24, 2.45) is 0 Å². The van der Waals surface area contributed by atoms with Crippen LogP contribution < -0.4 is 10.1 Å². The quantitative estimate of drug-likeness (QED) is 0.729. The lowest BCUT2D eigenvalue weighted by atomic mass is 10.1. The fourth-order valence-corrected chi connectivity index (χ4v) is 1.48. The molecule has 0 bridgehead atoms. The van der Waals surface area contributed by atoms with Crippen molar-refractivity contribution in [3.63, 3.8) is 0 Å². The van der Waals surface area contributed by atoms with Crippen LogP contribution in [-0.4, -0.2) is 36.4 Å². The van der Waals surface area contributed by atoms with Crippen molar-refractivity contribution >= 4 is 0 Å². The van der Waals surface area contributed by atoms with E-state index in [4.69, 9.17) is 9.84 Å². The average molecular weight is 261 g/mol. The highest BCUT2D eigenvalue weighted by molar-refractivity contribution is 5.41. The molecule has 4 nitrogen and oxygen atoms in total. The number of alkyl halides is 2. The standard InChI is InChI=1S/C12H17F2NO3/c1-8(15-6-12(13,14)7-16)10-4-3-9(18-2)5-11(10)17/h3-5,8,15-17H,6-7H2,1-2H3. The molecule has 0 radical (unpaired) electrons. The molecular weight excluding hydrogens is 244 g/mol. The molecule has 1 aromatic carbocycles. The molecular formula is C12H17F2NO3. The zero-order chi connectivity index (χ0) is 13.8. The van der Waals surface area contributed by atoms with Gasteiger partial charge in [-0.1, -0.05) is 6.07 Å². The summed E-state index contributed by atoms with van der Waals surface area (Å²) >= 11 is 0. The summed E-state index contributed by atoms with van der Waals surface area (Å²) < 4.78 is 30.6. The van der Waals surface area contributed by atoms with Crippen LogP contribution in [0.1, 0.15) is 18.5 Å². The van der Waals surface area contributed by atoms with Crippen molar-refractivity contribution in [1.29, 1.82) is 0 Å². The van der Waals surface area contributed by atoms with E-state index in [9.17, 15) is 13.9 Å². The van der Waals surface area contributed by atoms with Gasteiger partial charge in [0, 0.05) is 17.7 Å². The molecule has 0 saturated carbocycles. The molecule has 0 aliphatic rings. The van der Waals surface area contributed by atoms with Crippen LogP contribution in [0.15, 0.2) is 18.2 Å². The normalized spacial score (nSPS) is 13.4. The summed E-state index contributed by atoms with van der Waals surface area (Å²) in [5, 5.41) is 20.7. The van der Waals surface area contributed by atoms with Gasteiger partial charge in [0.2, 0.25) is 0 Å². The summed E-state index contributed by atoms with van der Waals surface area (Å²) in [6.07, 6.45) is 0. The Morgan fingerprint density at radius 3 is 2.61 bits per heavy atom. The second-order valence-corrected chi connectivity index (χ2v) is 4.04. The van der Waals surface area contributed by atoms with Gasteiger partial charge < -0.3 is 20.3 Å². The molecule has 0 aliphatic carbocycles. The predicted molar refractivity (Wildman–Crippen MR) is 63.1 cm³/mol. The van der Waals surface area contributed by atoms with Crippen LogP contribution in [0.3, 0.4) is 0 Å².